The van der Waals surface area contributed by atoms with Crippen molar-refractivity contribution in [2.75, 3.05) is 26.2 Å². The van der Waals surface area contributed by atoms with Crippen molar-refractivity contribution in [2.24, 2.45) is 0 Å². The van der Waals surface area contributed by atoms with Crippen LogP contribution >= 0.6 is 11.6 Å². The van der Waals surface area contributed by atoms with Gasteiger partial charge in [-0.25, -0.2) is 18.4 Å². The molecule has 1 aliphatic rings. The maximum absolute atomic E-state index is 12.4. The molecule has 19 heavy (non-hydrogen) atoms. The molecule has 0 radical (unpaired) electrons. The number of halogens is 1. The normalized spacial score (nSPS) is 18.9. The van der Waals surface area contributed by atoms with Gasteiger partial charge in [0.1, 0.15) is 4.90 Å². The molecule has 1 saturated heterocycles. The zero-order valence-electron chi connectivity index (χ0n) is 11.0. The highest BCUT2D eigenvalue weighted by Gasteiger charge is 2.29. The molecule has 0 amide bonds. The summed E-state index contributed by atoms with van der Waals surface area (Å²) in [4.78, 5) is 9.79. The molecular weight excluding hydrogens is 288 g/mol. The number of hydrogen-bond donors (Lipinski definition) is 0. The van der Waals surface area contributed by atoms with Crippen LogP contribution in [0.15, 0.2) is 17.3 Å². The van der Waals surface area contributed by atoms with Crippen LogP contribution in [0, 0.1) is 0 Å². The van der Waals surface area contributed by atoms with Crippen molar-refractivity contribution in [3.8, 4) is 0 Å². The minimum atomic E-state index is -3.50. The molecule has 0 unspecified atom stereocenters. The first-order chi connectivity index (χ1) is 8.91. The Morgan fingerprint density at radius 3 is 2.16 bits per heavy atom. The van der Waals surface area contributed by atoms with Gasteiger partial charge in [0, 0.05) is 32.2 Å². The molecule has 106 valence electrons. The lowest BCUT2D eigenvalue weighted by molar-refractivity contribution is 0.154. The zero-order valence-corrected chi connectivity index (χ0v) is 12.5. The van der Waals surface area contributed by atoms with Gasteiger partial charge in [-0.15, -0.1) is 0 Å². The highest BCUT2D eigenvalue weighted by Crippen LogP contribution is 2.17. The van der Waals surface area contributed by atoms with E-state index in [-0.39, 0.29) is 10.2 Å². The van der Waals surface area contributed by atoms with Crippen LogP contribution in [0.5, 0.6) is 0 Å². The van der Waals surface area contributed by atoms with Crippen LogP contribution < -0.4 is 0 Å². The van der Waals surface area contributed by atoms with Crippen LogP contribution in [-0.4, -0.2) is 59.8 Å². The van der Waals surface area contributed by atoms with E-state index < -0.39 is 10.0 Å². The van der Waals surface area contributed by atoms with E-state index in [0.717, 1.165) is 13.1 Å². The summed E-state index contributed by atoms with van der Waals surface area (Å²) in [6.07, 6.45) is 2.50. The van der Waals surface area contributed by atoms with Gasteiger partial charge in [-0.3, -0.25) is 4.90 Å². The Hall–Kier alpha value is -0.760. The average molecular weight is 305 g/mol. The fraction of sp³-hybridized carbons (Fsp3) is 0.636. The van der Waals surface area contributed by atoms with Crippen LogP contribution in [0.25, 0.3) is 0 Å². The number of hydrogen-bond acceptors (Lipinski definition) is 5. The van der Waals surface area contributed by atoms with E-state index in [1.807, 2.05) is 0 Å². The Kier molecular flexibility index (Phi) is 4.39. The molecule has 1 aromatic rings. The van der Waals surface area contributed by atoms with E-state index in [4.69, 9.17) is 11.6 Å². The average Bonchev–Trinajstić information content (AvgIpc) is 2.39. The van der Waals surface area contributed by atoms with Gasteiger partial charge in [-0.1, -0.05) is 0 Å². The topological polar surface area (TPSA) is 66.4 Å². The van der Waals surface area contributed by atoms with Crippen LogP contribution in [0.3, 0.4) is 0 Å². The molecule has 0 saturated carbocycles. The third-order valence-electron chi connectivity index (χ3n) is 3.24. The van der Waals surface area contributed by atoms with Crippen LogP contribution in [-0.2, 0) is 10.0 Å². The first-order valence-corrected chi connectivity index (χ1v) is 7.95. The van der Waals surface area contributed by atoms with E-state index in [2.05, 4.69) is 28.7 Å². The quantitative estimate of drug-likeness (QED) is 0.774. The van der Waals surface area contributed by atoms with E-state index in [1.165, 1.54) is 16.7 Å². The highest BCUT2D eigenvalue weighted by molar-refractivity contribution is 7.89. The van der Waals surface area contributed by atoms with Crippen molar-refractivity contribution in [3.05, 3.63) is 17.7 Å². The number of aromatic nitrogens is 2. The van der Waals surface area contributed by atoms with Crippen molar-refractivity contribution >= 4 is 21.6 Å². The van der Waals surface area contributed by atoms with E-state index >= 15 is 0 Å². The zero-order chi connectivity index (χ0) is 14.0. The summed E-state index contributed by atoms with van der Waals surface area (Å²) in [5.41, 5.74) is 0. The van der Waals surface area contributed by atoms with Gasteiger partial charge in [0.2, 0.25) is 15.3 Å². The lowest BCUT2D eigenvalue weighted by atomic mass is 10.3. The number of nitrogens with zero attached hydrogens (tertiary/aromatic N) is 4. The summed E-state index contributed by atoms with van der Waals surface area (Å²) in [5, 5.41) is 0.0450. The van der Waals surface area contributed by atoms with Crippen molar-refractivity contribution in [2.45, 2.75) is 24.8 Å². The predicted molar refractivity (Wildman–Crippen MR) is 72.5 cm³/mol. The SMILES string of the molecule is CC(C)N1CCN(S(=O)(=O)c2cnc(Cl)nc2)CC1. The third kappa shape index (κ3) is 3.22. The van der Waals surface area contributed by atoms with Crippen LogP contribution in [0.4, 0.5) is 0 Å². The Morgan fingerprint density at radius 1 is 1.16 bits per heavy atom. The summed E-state index contributed by atoms with van der Waals surface area (Å²) < 4.78 is 26.2. The molecule has 1 aliphatic heterocycles. The molecule has 6 nitrogen and oxygen atoms in total. The molecule has 0 spiro atoms. The van der Waals surface area contributed by atoms with E-state index in [9.17, 15) is 8.42 Å². The molecule has 1 aromatic heterocycles. The number of piperazine rings is 1. The maximum Gasteiger partial charge on any atom is 0.246 e. The summed E-state index contributed by atoms with van der Waals surface area (Å²) in [6.45, 7) is 6.68. The van der Waals surface area contributed by atoms with Gasteiger partial charge in [-0.05, 0) is 25.4 Å². The number of rotatable bonds is 3. The Morgan fingerprint density at radius 2 is 1.68 bits per heavy atom. The molecular formula is C11H17ClN4O2S. The Bertz CT molecular complexity index is 524. The molecule has 8 heteroatoms. The molecule has 1 fully saturated rings. The van der Waals surface area contributed by atoms with Gasteiger partial charge in [0.25, 0.3) is 0 Å². The van der Waals surface area contributed by atoms with Gasteiger partial charge in [0.05, 0.1) is 12.4 Å². The monoisotopic (exact) mass is 304 g/mol. The number of sulfonamides is 1. The predicted octanol–water partition coefficient (Wildman–Crippen LogP) is 0.845. The Labute approximate surface area is 118 Å². The maximum atomic E-state index is 12.4. The van der Waals surface area contributed by atoms with Crippen molar-refractivity contribution < 1.29 is 8.42 Å². The lowest BCUT2D eigenvalue weighted by Crippen LogP contribution is -2.50. The summed E-state index contributed by atoms with van der Waals surface area (Å²) in [5.74, 6) is 0. The lowest BCUT2D eigenvalue weighted by Gasteiger charge is -2.36. The highest BCUT2D eigenvalue weighted by atomic mass is 35.5. The molecule has 2 rings (SSSR count). The fourth-order valence-corrected chi connectivity index (χ4v) is 3.45. The molecule has 0 aliphatic carbocycles. The summed E-state index contributed by atoms with van der Waals surface area (Å²) >= 11 is 5.56. The van der Waals surface area contributed by atoms with Crippen molar-refractivity contribution in [3.63, 3.8) is 0 Å². The molecule has 0 atom stereocenters. The molecule has 0 bridgehead atoms. The second-order valence-electron chi connectivity index (χ2n) is 4.72. The first kappa shape index (κ1) is 14.6. The summed E-state index contributed by atoms with van der Waals surface area (Å²) in [6, 6.07) is 0.434. The van der Waals surface area contributed by atoms with E-state index in [1.54, 1.807) is 0 Å². The summed E-state index contributed by atoms with van der Waals surface area (Å²) in [7, 11) is -3.50. The molecule has 2 heterocycles. The van der Waals surface area contributed by atoms with Gasteiger partial charge in [-0.2, -0.15) is 4.31 Å². The van der Waals surface area contributed by atoms with E-state index in [0.29, 0.717) is 19.1 Å². The molecule has 0 aromatic carbocycles. The first-order valence-electron chi connectivity index (χ1n) is 6.13. The van der Waals surface area contributed by atoms with Crippen molar-refractivity contribution in [1.29, 1.82) is 0 Å². The second-order valence-corrected chi connectivity index (χ2v) is 7.00. The molecule has 0 N–H and O–H groups in total. The largest absolute Gasteiger partial charge is 0.298 e. The van der Waals surface area contributed by atoms with Gasteiger partial charge < -0.3 is 0 Å². The third-order valence-corrected chi connectivity index (χ3v) is 5.28. The van der Waals surface area contributed by atoms with Gasteiger partial charge >= 0.3 is 0 Å². The fourth-order valence-electron chi connectivity index (χ4n) is 2.04. The minimum Gasteiger partial charge on any atom is -0.298 e. The van der Waals surface area contributed by atoms with Crippen LogP contribution in [0.2, 0.25) is 5.28 Å². The van der Waals surface area contributed by atoms with Crippen LogP contribution in [0.1, 0.15) is 13.8 Å². The second kappa shape index (κ2) is 5.70. The standard InChI is InChI=1S/C11H17ClN4O2S/c1-9(2)15-3-5-16(6-4-15)19(17,18)10-7-13-11(12)14-8-10/h7-9H,3-6H2,1-2H3. The minimum absolute atomic E-state index is 0.0450. The van der Waals surface area contributed by atoms with Crippen molar-refractivity contribution in [1.82, 2.24) is 19.2 Å². The Balaban J connectivity index is 2.12. The van der Waals surface area contributed by atoms with Gasteiger partial charge in [0.15, 0.2) is 0 Å². The smallest absolute Gasteiger partial charge is 0.246 e.